The molecule has 0 fully saturated rings. The first-order valence-corrected chi connectivity index (χ1v) is 6.52. The van der Waals surface area contributed by atoms with Crippen molar-refractivity contribution in [2.24, 2.45) is 5.92 Å². The van der Waals surface area contributed by atoms with E-state index in [4.69, 9.17) is 0 Å². The van der Waals surface area contributed by atoms with Crippen LogP contribution in [0.15, 0.2) is 17.4 Å². The molecule has 2 atom stereocenters. The standard InChI is InChI=1S/C11H19N3S/c1-5-8(2)9(3)14-10-6-11(15-4)13-7-12-10/h6-9H,5H2,1-4H3,(H,12,13,14). The van der Waals surface area contributed by atoms with Crippen LogP contribution in [0.25, 0.3) is 0 Å². The van der Waals surface area contributed by atoms with Gasteiger partial charge in [0.25, 0.3) is 0 Å². The minimum Gasteiger partial charge on any atom is -0.367 e. The van der Waals surface area contributed by atoms with Crippen molar-refractivity contribution in [1.29, 1.82) is 0 Å². The summed E-state index contributed by atoms with van der Waals surface area (Å²) in [5.41, 5.74) is 0. The van der Waals surface area contributed by atoms with E-state index >= 15 is 0 Å². The predicted octanol–water partition coefficient (Wildman–Crippen LogP) is 3.05. The Morgan fingerprint density at radius 3 is 2.73 bits per heavy atom. The first-order chi connectivity index (χ1) is 7.17. The zero-order chi connectivity index (χ0) is 11.3. The Kier molecular flexibility index (Phi) is 4.88. The maximum Gasteiger partial charge on any atom is 0.130 e. The normalized spacial score (nSPS) is 14.7. The van der Waals surface area contributed by atoms with Crippen LogP contribution < -0.4 is 5.32 Å². The van der Waals surface area contributed by atoms with E-state index in [-0.39, 0.29) is 0 Å². The molecular formula is C11H19N3S. The van der Waals surface area contributed by atoms with Gasteiger partial charge in [-0.25, -0.2) is 9.97 Å². The Morgan fingerprint density at radius 2 is 2.13 bits per heavy atom. The van der Waals surface area contributed by atoms with Crippen molar-refractivity contribution in [2.75, 3.05) is 11.6 Å². The average molecular weight is 225 g/mol. The second kappa shape index (κ2) is 5.95. The predicted molar refractivity (Wildman–Crippen MR) is 66.4 cm³/mol. The molecule has 1 N–H and O–H groups in total. The number of nitrogens with zero attached hydrogens (tertiary/aromatic N) is 2. The first-order valence-electron chi connectivity index (χ1n) is 5.30. The van der Waals surface area contributed by atoms with Gasteiger partial charge in [0.2, 0.25) is 0 Å². The van der Waals surface area contributed by atoms with E-state index in [0.29, 0.717) is 12.0 Å². The van der Waals surface area contributed by atoms with Crippen molar-refractivity contribution in [2.45, 2.75) is 38.3 Å². The molecule has 1 heterocycles. The zero-order valence-electron chi connectivity index (χ0n) is 9.82. The molecule has 0 saturated heterocycles. The lowest BCUT2D eigenvalue weighted by Gasteiger charge is -2.20. The fourth-order valence-electron chi connectivity index (χ4n) is 1.26. The number of nitrogens with one attached hydrogen (secondary N) is 1. The van der Waals surface area contributed by atoms with Crippen LogP contribution in [-0.4, -0.2) is 22.3 Å². The van der Waals surface area contributed by atoms with Crippen LogP contribution in [0.4, 0.5) is 5.82 Å². The largest absolute Gasteiger partial charge is 0.367 e. The highest BCUT2D eigenvalue weighted by Gasteiger charge is 2.10. The molecule has 15 heavy (non-hydrogen) atoms. The van der Waals surface area contributed by atoms with Crippen molar-refractivity contribution in [3.63, 3.8) is 0 Å². The van der Waals surface area contributed by atoms with Crippen LogP contribution in [0.1, 0.15) is 27.2 Å². The van der Waals surface area contributed by atoms with Gasteiger partial charge in [-0.3, -0.25) is 0 Å². The van der Waals surface area contributed by atoms with Gasteiger partial charge < -0.3 is 5.32 Å². The van der Waals surface area contributed by atoms with Crippen LogP contribution in [0.3, 0.4) is 0 Å². The smallest absolute Gasteiger partial charge is 0.130 e. The van der Waals surface area contributed by atoms with Crippen LogP contribution in [0, 0.1) is 5.92 Å². The molecular weight excluding hydrogens is 206 g/mol. The molecule has 4 heteroatoms. The van der Waals surface area contributed by atoms with E-state index < -0.39 is 0 Å². The van der Waals surface area contributed by atoms with Gasteiger partial charge in [0.15, 0.2) is 0 Å². The van der Waals surface area contributed by atoms with E-state index in [1.54, 1.807) is 18.1 Å². The summed E-state index contributed by atoms with van der Waals surface area (Å²) in [5, 5.41) is 4.41. The fourth-order valence-corrected chi connectivity index (χ4v) is 1.64. The van der Waals surface area contributed by atoms with Gasteiger partial charge in [-0.15, -0.1) is 11.8 Å². The van der Waals surface area contributed by atoms with Gasteiger partial charge in [-0.2, -0.15) is 0 Å². The van der Waals surface area contributed by atoms with Crippen LogP contribution >= 0.6 is 11.8 Å². The highest BCUT2D eigenvalue weighted by Crippen LogP contribution is 2.16. The maximum absolute atomic E-state index is 4.21. The second-order valence-corrected chi connectivity index (χ2v) is 4.59. The molecule has 1 aromatic heterocycles. The molecule has 0 aromatic carbocycles. The minimum absolute atomic E-state index is 0.444. The van der Waals surface area contributed by atoms with E-state index in [1.165, 1.54) is 6.42 Å². The maximum atomic E-state index is 4.21. The van der Waals surface area contributed by atoms with Gasteiger partial charge in [0.1, 0.15) is 17.2 Å². The number of hydrogen-bond acceptors (Lipinski definition) is 4. The number of hydrogen-bond donors (Lipinski definition) is 1. The lowest BCUT2D eigenvalue weighted by atomic mass is 10.0. The van der Waals surface area contributed by atoms with E-state index in [1.807, 2.05) is 12.3 Å². The van der Waals surface area contributed by atoms with Gasteiger partial charge in [0, 0.05) is 12.1 Å². The molecule has 0 spiro atoms. The quantitative estimate of drug-likeness (QED) is 0.617. The van der Waals surface area contributed by atoms with E-state index in [9.17, 15) is 0 Å². The molecule has 0 saturated carbocycles. The van der Waals surface area contributed by atoms with Crippen molar-refractivity contribution in [1.82, 2.24) is 9.97 Å². The molecule has 1 aromatic rings. The van der Waals surface area contributed by atoms with Gasteiger partial charge in [-0.1, -0.05) is 20.3 Å². The van der Waals surface area contributed by atoms with Gasteiger partial charge in [-0.05, 0) is 19.1 Å². The lowest BCUT2D eigenvalue weighted by Crippen LogP contribution is -2.23. The fraction of sp³-hybridized carbons (Fsp3) is 0.636. The Hall–Kier alpha value is -0.770. The Labute approximate surface area is 96.1 Å². The minimum atomic E-state index is 0.444. The van der Waals surface area contributed by atoms with Crippen LogP contribution in [-0.2, 0) is 0 Å². The molecule has 1 rings (SSSR count). The summed E-state index contributed by atoms with van der Waals surface area (Å²) < 4.78 is 0. The summed E-state index contributed by atoms with van der Waals surface area (Å²) >= 11 is 1.63. The first kappa shape index (κ1) is 12.3. The molecule has 84 valence electrons. The lowest BCUT2D eigenvalue weighted by molar-refractivity contribution is 0.493. The number of aromatic nitrogens is 2. The molecule has 3 nitrogen and oxygen atoms in total. The third kappa shape index (κ3) is 3.70. The number of rotatable bonds is 5. The monoisotopic (exact) mass is 225 g/mol. The van der Waals surface area contributed by atoms with E-state index in [0.717, 1.165) is 10.8 Å². The molecule has 0 aliphatic carbocycles. The highest BCUT2D eigenvalue weighted by atomic mass is 32.2. The summed E-state index contributed by atoms with van der Waals surface area (Å²) in [6, 6.07) is 2.43. The molecule has 0 radical (unpaired) electrons. The Morgan fingerprint density at radius 1 is 1.40 bits per heavy atom. The van der Waals surface area contributed by atoms with Crippen molar-refractivity contribution in [3.8, 4) is 0 Å². The van der Waals surface area contributed by atoms with Gasteiger partial charge >= 0.3 is 0 Å². The second-order valence-electron chi connectivity index (χ2n) is 3.76. The summed E-state index contributed by atoms with van der Waals surface area (Å²) in [5.74, 6) is 1.57. The number of anilines is 1. The van der Waals surface area contributed by atoms with Crippen molar-refractivity contribution < 1.29 is 0 Å². The summed E-state index contributed by atoms with van der Waals surface area (Å²) in [6.45, 7) is 6.64. The third-order valence-corrected chi connectivity index (χ3v) is 3.37. The summed E-state index contributed by atoms with van der Waals surface area (Å²) in [6.07, 6.45) is 4.80. The van der Waals surface area contributed by atoms with Crippen molar-refractivity contribution in [3.05, 3.63) is 12.4 Å². The molecule has 2 unspecified atom stereocenters. The summed E-state index contributed by atoms with van der Waals surface area (Å²) in [7, 11) is 0. The van der Waals surface area contributed by atoms with Crippen LogP contribution in [0.5, 0.6) is 0 Å². The van der Waals surface area contributed by atoms with Gasteiger partial charge in [0.05, 0.1) is 0 Å². The Balaban J connectivity index is 2.63. The van der Waals surface area contributed by atoms with E-state index in [2.05, 4.69) is 36.1 Å². The topological polar surface area (TPSA) is 37.8 Å². The molecule has 0 aliphatic rings. The van der Waals surface area contributed by atoms with Crippen LogP contribution in [0.2, 0.25) is 0 Å². The highest BCUT2D eigenvalue weighted by molar-refractivity contribution is 7.98. The van der Waals surface area contributed by atoms with Crippen molar-refractivity contribution >= 4 is 17.6 Å². The zero-order valence-corrected chi connectivity index (χ0v) is 10.6. The average Bonchev–Trinajstić information content (AvgIpc) is 2.28. The molecule has 0 aliphatic heterocycles. The molecule has 0 bridgehead atoms. The summed E-state index contributed by atoms with van der Waals surface area (Å²) in [4.78, 5) is 8.35. The SMILES string of the molecule is CCC(C)C(C)Nc1cc(SC)ncn1. The number of thioether (sulfide) groups is 1. The Bertz CT molecular complexity index is 304. The third-order valence-electron chi connectivity index (χ3n) is 2.72. The molecule has 0 amide bonds.